The Hall–Kier alpha value is -2.49. The Kier molecular flexibility index (Phi) is 6.61. The van der Waals surface area contributed by atoms with Crippen molar-refractivity contribution in [2.24, 2.45) is 5.92 Å². The van der Waals surface area contributed by atoms with Crippen LogP contribution in [-0.2, 0) is 4.79 Å². The maximum absolute atomic E-state index is 12.3. The average molecular weight is 381 g/mol. The van der Waals surface area contributed by atoms with Crippen LogP contribution in [0.2, 0.25) is 0 Å². The van der Waals surface area contributed by atoms with Crippen LogP contribution in [0.4, 0.5) is 5.69 Å². The number of carbonyl (C=O) groups is 1. The number of carbonyl (C=O) groups excluding carboxylic acids is 1. The first-order chi connectivity index (χ1) is 13.4. The summed E-state index contributed by atoms with van der Waals surface area (Å²) in [7, 11) is 0. The fraction of sp³-hybridized carbons (Fsp3) is 0.458. The van der Waals surface area contributed by atoms with Crippen molar-refractivity contribution in [3.05, 3.63) is 59.2 Å². The van der Waals surface area contributed by atoms with E-state index < -0.39 is 0 Å². The molecule has 1 fully saturated rings. The Morgan fingerprint density at radius 3 is 2.50 bits per heavy atom. The highest BCUT2D eigenvalue weighted by Gasteiger charge is 2.17. The fourth-order valence-corrected chi connectivity index (χ4v) is 3.63. The molecule has 1 aliphatic rings. The van der Waals surface area contributed by atoms with Crippen molar-refractivity contribution in [2.75, 3.05) is 24.6 Å². The number of rotatable bonds is 6. The number of hydrogen-bond donors (Lipinski definition) is 1. The van der Waals surface area contributed by atoms with Gasteiger partial charge in [0.15, 0.2) is 6.61 Å². The lowest BCUT2D eigenvalue weighted by Crippen LogP contribution is -2.33. The van der Waals surface area contributed by atoms with Gasteiger partial charge in [-0.15, -0.1) is 0 Å². The molecule has 0 saturated carbocycles. The minimum atomic E-state index is -0.109. The van der Waals surface area contributed by atoms with Gasteiger partial charge >= 0.3 is 0 Å². The molecule has 0 bridgehead atoms. The third kappa shape index (κ3) is 5.06. The van der Waals surface area contributed by atoms with Crippen molar-refractivity contribution in [3.63, 3.8) is 0 Å². The molecule has 1 N–H and O–H groups in total. The highest BCUT2D eigenvalue weighted by Crippen LogP contribution is 2.25. The molecule has 0 aliphatic carbocycles. The third-order valence-corrected chi connectivity index (χ3v) is 5.83. The summed E-state index contributed by atoms with van der Waals surface area (Å²) in [6.07, 6.45) is 2.52. The standard InChI is InChI=1S/C24H32N2O2/c1-17-12-14-26(15-13-17)22-10-8-21(9-11-22)20(4)25-24(27)16-28-23-7-5-6-18(2)19(23)3/h5-11,17,20H,12-16H2,1-4H3,(H,25,27). The van der Waals surface area contributed by atoms with Gasteiger partial charge in [0.05, 0.1) is 6.04 Å². The predicted octanol–water partition coefficient (Wildman–Crippen LogP) is 4.80. The van der Waals surface area contributed by atoms with Crippen molar-refractivity contribution in [2.45, 2.75) is 46.6 Å². The summed E-state index contributed by atoms with van der Waals surface area (Å²) in [5.41, 5.74) is 4.61. The topological polar surface area (TPSA) is 41.6 Å². The molecule has 1 saturated heterocycles. The van der Waals surface area contributed by atoms with E-state index in [2.05, 4.69) is 41.4 Å². The molecule has 150 valence electrons. The highest BCUT2D eigenvalue weighted by molar-refractivity contribution is 5.78. The largest absolute Gasteiger partial charge is 0.483 e. The lowest BCUT2D eigenvalue weighted by atomic mass is 9.98. The van der Waals surface area contributed by atoms with Crippen LogP contribution in [0.1, 0.15) is 49.4 Å². The molecule has 1 amide bonds. The number of anilines is 1. The van der Waals surface area contributed by atoms with Gasteiger partial charge in [0.2, 0.25) is 0 Å². The molecular weight excluding hydrogens is 348 g/mol. The molecule has 2 aromatic rings. The number of aryl methyl sites for hydroxylation is 1. The zero-order valence-electron chi connectivity index (χ0n) is 17.5. The Balaban J connectivity index is 1.51. The first-order valence-corrected chi connectivity index (χ1v) is 10.3. The summed E-state index contributed by atoms with van der Waals surface area (Å²) < 4.78 is 5.70. The normalized spacial score (nSPS) is 15.9. The number of nitrogens with zero attached hydrogens (tertiary/aromatic N) is 1. The first kappa shape index (κ1) is 20.2. The predicted molar refractivity (Wildman–Crippen MR) is 115 cm³/mol. The zero-order chi connectivity index (χ0) is 20.1. The van der Waals surface area contributed by atoms with Crippen LogP contribution in [0, 0.1) is 19.8 Å². The molecular formula is C24H32N2O2. The molecule has 0 spiro atoms. The second-order valence-electron chi connectivity index (χ2n) is 8.04. The smallest absolute Gasteiger partial charge is 0.258 e. The number of amides is 1. The van der Waals surface area contributed by atoms with Crippen LogP contribution < -0.4 is 15.0 Å². The lowest BCUT2D eigenvalue weighted by Gasteiger charge is -2.32. The molecule has 1 heterocycles. The Morgan fingerprint density at radius 1 is 1.14 bits per heavy atom. The second kappa shape index (κ2) is 9.13. The maximum atomic E-state index is 12.3. The summed E-state index contributed by atoms with van der Waals surface area (Å²) >= 11 is 0. The van der Waals surface area contributed by atoms with Crippen molar-refractivity contribution in [1.29, 1.82) is 0 Å². The summed E-state index contributed by atoms with van der Waals surface area (Å²) in [4.78, 5) is 14.7. The molecule has 2 aromatic carbocycles. The fourth-order valence-electron chi connectivity index (χ4n) is 3.63. The van der Waals surface area contributed by atoms with Crippen LogP contribution in [0.25, 0.3) is 0 Å². The number of ether oxygens (including phenoxy) is 1. The minimum absolute atomic E-state index is 0.0265. The van der Waals surface area contributed by atoms with Crippen molar-refractivity contribution < 1.29 is 9.53 Å². The average Bonchev–Trinajstić information content (AvgIpc) is 2.70. The minimum Gasteiger partial charge on any atom is -0.483 e. The van der Waals surface area contributed by atoms with Crippen LogP contribution in [0.5, 0.6) is 5.75 Å². The molecule has 0 radical (unpaired) electrons. The van der Waals surface area contributed by atoms with Crippen LogP contribution in [-0.4, -0.2) is 25.6 Å². The molecule has 1 aliphatic heterocycles. The zero-order valence-corrected chi connectivity index (χ0v) is 17.5. The van der Waals surface area contributed by atoms with E-state index in [1.165, 1.54) is 18.5 Å². The van der Waals surface area contributed by atoms with Crippen molar-refractivity contribution >= 4 is 11.6 Å². The molecule has 1 unspecified atom stereocenters. The number of benzene rings is 2. The van der Waals surface area contributed by atoms with E-state index in [9.17, 15) is 4.79 Å². The van der Waals surface area contributed by atoms with E-state index in [-0.39, 0.29) is 18.6 Å². The van der Waals surface area contributed by atoms with Crippen LogP contribution in [0.15, 0.2) is 42.5 Å². The molecule has 4 heteroatoms. The number of hydrogen-bond acceptors (Lipinski definition) is 3. The van der Waals surface area contributed by atoms with Gasteiger partial charge < -0.3 is 15.0 Å². The summed E-state index contributed by atoms with van der Waals surface area (Å²) in [5.74, 6) is 1.49. The maximum Gasteiger partial charge on any atom is 0.258 e. The van der Waals surface area contributed by atoms with Gasteiger partial charge in [0, 0.05) is 18.8 Å². The van der Waals surface area contributed by atoms with E-state index in [0.717, 1.165) is 41.4 Å². The van der Waals surface area contributed by atoms with E-state index in [1.807, 2.05) is 39.0 Å². The molecule has 28 heavy (non-hydrogen) atoms. The highest BCUT2D eigenvalue weighted by atomic mass is 16.5. The van der Waals surface area contributed by atoms with Crippen molar-refractivity contribution in [1.82, 2.24) is 5.32 Å². The van der Waals surface area contributed by atoms with Crippen LogP contribution >= 0.6 is 0 Å². The summed E-state index contributed by atoms with van der Waals surface area (Å²) in [6, 6.07) is 14.4. The molecule has 1 atom stereocenters. The Labute approximate surface area is 168 Å². The van der Waals surface area contributed by atoms with Crippen LogP contribution in [0.3, 0.4) is 0 Å². The van der Waals surface area contributed by atoms with E-state index in [4.69, 9.17) is 4.74 Å². The first-order valence-electron chi connectivity index (χ1n) is 10.3. The van der Waals surface area contributed by atoms with E-state index in [0.29, 0.717) is 0 Å². The van der Waals surface area contributed by atoms with Gasteiger partial charge in [-0.05, 0) is 74.4 Å². The van der Waals surface area contributed by atoms with Crippen molar-refractivity contribution in [3.8, 4) is 5.75 Å². The Bertz CT molecular complexity index is 793. The molecule has 3 rings (SSSR count). The Morgan fingerprint density at radius 2 is 1.82 bits per heavy atom. The SMILES string of the molecule is Cc1cccc(OCC(=O)NC(C)c2ccc(N3CCC(C)CC3)cc2)c1C. The van der Waals surface area contributed by atoms with E-state index >= 15 is 0 Å². The van der Waals surface area contributed by atoms with Gasteiger partial charge in [-0.1, -0.05) is 31.2 Å². The lowest BCUT2D eigenvalue weighted by molar-refractivity contribution is -0.123. The van der Waals surface area contributed by atoms with Gasteiger partial charge in [-0.25, -0.2) is 0 Å². The molecule has 4 nitrogen and oxygen atoms in total. The summed E-state index contributed by atoms with van der Waals surface area (Å²) in [5, 5.41) is 3.03. The van der Waals surface area contributed by atoms with Gasteiger partial charge in [0.1, 0.15) is 5.75 Å². The monoisotopic (exact) mass is 380 g/mol. The second-order valence-corrected chi connectivity index (χ2v) is 8.04. The van der Waals surface area contributed by atoms with Gasteiger partial charge in [-0.2, -0.15) is 0 Å². The van der Waals surface area contributed by atoms with E-state index in [1.54, 1.807) is 0 Å². The molecule has 0 aromatic heterocycles. The third-order valence-electron chi connectivity index (χ3n) is 5.83. The number of piperidine rings is 1. The quantitative estimate of drug-likeness (QED) is 0.783. The van der Waals surface area contributed by atoms with Gasteiger partial charge in [-0.3, -0.25) is 4.79 Å². The number of nitrogens with one attached hydrogen (secondary N) is 1. The summed E-state index contributed by atoms with van der Waals surface area (Å²) in [6.45, 7) is 10.7. The van der Waals surface area contributed by atoms with Gasteiger partial charge in [0.25, 0.3) is 5.91 Å².